The smallest absolute Gasteiger partial charge is 0.311 e. The molecule has 1 unspecified atom stereocenters. The molecular weight excluding hydrogens is 338 g/mol. The van der Waals surface area contributed by atoms with Gasteiger partial charge in [-0.25, -0.2) is 0 Å². The molecule has 0 aliphatic carbocycles. The second-order valence-corrected chi connectivity index (χ2v) is 6.06. The fourth-order valence-corrected chi connectivity index (χ4v) is 2.78. The van der Waals surface area contributed by atoms with Crippen molar-refractivity contribution in [3.63, 3.8) is 0 Å². The van der Waals surface area contributed by atoms with Gasteiger partial charge < -0.3 is 24.3 Å². The van der Waals surface area contributed by atoms with Crippen molar-refractivity contribution in [1.29, 1.82) is 0 Å². The topological polar surface area (TPSA) is 98.0 Å². The largest absolute Gasteiger partial charge is 0.493 e. The standard InChI is InChI=1S/C19H23NO6/c1-11-10-26-16(9-17(21)22)18(11)19(23)20-12(2)7-13-5-6-14(24-3)15(8-13)25-4/h5-6,8,10,12H,7,9H2,1-4H3,(H,20,23)(H,21,22). The van der Waals surface area contributed by atoms with Crippen molar-refractivity contribution >= 4 is 11.9 Å². The van der Waals surface area contributed by atoms with Gasteiger partial charge in [0, 0.05) is 11.6 Å². The molecular formula is C19H23NO6. The average Bonchev–Trinajstić information content (AvgIpc) is 2.94. The van der Waals surface area contributed by atoms with Crippen LogP contribution < -0.4 is 14.8 Å². The zero-order chi connectivity index (χ0) is 19.3. The van der Waals surface area contributed by atoms with E-state index in [4.69, 9.17) is 19.0 Å². The third kappa shape index (κ3) is 4.56. The first-order valence-electron chi connectivity index (χ1n) is 8.16. The van der Waals surface area contributed by atoms with E-state index in [9.17, 15) is 9.59 Å². The summed E-state index contributed by atoms with van der Waals surface area (Å²) in [5.41, 5.74) is 1.87. The van der Waals surface area contributed by atoms with Crippen molar-refractivity contribution in [2.24, 2.45) is 0 Å². The van der Waals surface area contributed by atoms with E-state index in [1.54, 1.807) is 21.1 Å². The number of amides is 1. The quantitative estimate of drug-likeness (QED) is 0.750. The number of furan rings is 1. The third-order valence-electron chi connectivity index (χ3n) is 3.96. The highest BCUT2D eigenvalue weighted by Crippen LogP contribution is 2.28. The second kappa shape index (κ2) is 8.42. The Balaban J connectivity index is 2.08. The van der Waals surface area contributed by atoms with Gasteiger partial charge in [0.15, 0.2) is 11.5 Å². The Morgan fingerprint density at radius 1 is 1.23 bits per heavy atom. The van der Waals surface area contributed by atoms with Crippen LogP contribution in [0.1, 0.15) is 34.2 Å². The van der Waals surface area contributed by atoms with E-state index in [0.717, 1.165) is 5.56 Å². The normalized spacial score (nSPS) is 11.7. The summed E-state index contributed by atoms with van der Waals surface area (Å²) in [6.07, 6.45) is 1.64. The number of carbonyl (C=O) groups is 2. The summed E-state index contributed by atoms with van der Waals surface area (Å²) >= 11 is 0. The lowest BCUT2D eigenvalue weighted by Crippen LogP contribution is -2.34. The predicted octanol–water partition coefficient (Wildman–Crippen LogP) is 2.59. The monoisotopic (exact) mass is 361 g/mol. The molecule has 1 heterocycles. The Kier molecular flexibility index (Phi) is 6.27. The van der Waals surface area contributed by atoms with Gasteiger partial charge in [-0.05, 0) is 38.0 Å². The summed E-state index contributed by atoms with van der Waals surface area (Å²) in [6.45, 7) is 3.59. The molecule has 0 saturated carbocycles. The number of methoxy groups -OCH3 is 2. The van der Waals surface area contributed by atoms with Crippen molar-refractivity contribution in [2.75, 3.05) is 14.2 Å². The first kappa shape index (κ1) is 19.4. The number of rotatable bonds is 8. The average molecular weight is 361 g/mol. The number of aryl methyl sites for hydroxylation is 1. The molecule has 0 fully saturated rings. The number of hydrogen-bond acceptors (Lipinski definition) is 5. The van der Waals surface area contributed by atoms with Crippen LogP contribution in [-0.4, -0.2) is 37.2 Å². The Hall–Kier alpha value is -2.96. The number of carbonyl (C=O) groups excluding carboxylic acids is 1. The Labute approximate surface area is 151 Å². The van der Waals surface area contributed by atoms with Crippen molar-refractivity contribution in [2.45, 2.75) is 32.7 Å². The summed E-state index contributed by atoms with van der Waals surface area (Å²) in [7, 11) is 3.14. The molecule has 26 heavy (non-hydrogen) atoms. The molecule has 0 saturated heterocycles. The van der Waals surface area contributed by atoms with E-state index in [2.05, 4.69) is 5.32 Å². The molecule has 1 aromatic carbocycles. The molecule has 0 radical (unpaired) electrons. The van der Waals surface area contributed by atoms with E-state index in [1.165, 1.54) is 6.26 Å². The van der Waals surface area contributed by atoms with Gasteiger partial charge in [0.1, 0.15) is 12.2 Å². The highest BCUT2D eigenvalue weighted by Gasteiger charge is 2.21. The first-order valence-corrected chi connectivity index (χ1v) is 8.16. The molecule has 1 atom stereocenters. The minimum absolute atomic E-state index is 0.158. The van der Waals surface area contributed by atoms with E-state index < -0.39 is 5.97 Å². The van der Waals surface area contributed by atoms with Crippen molar-refractivity contribution in [3.8, 4) is 11.5 Å². The van der Waals surface area contributed by atoms with E-state index in [-0.39, 0.29) is 29.7 Å². The fraction of sp³-hybridized carbons (Fsp3) is 0.368. The van der Waals surface area contributed by atoms with Crippen LogP contribution in [0.3, 0.4) is 0 Å². The lowest BCUT2D eigenvalue weighted by molar-refractivity contribution is -0.136. The molecule has 0 bridgehead atoms. The van der Waals surface area contributed by atoms with Crippen molar-refractivity contribution in [1.82, 2.24) is 5.32 Å². The predicted molar refractivity (Wildman–Crippen MR) is 95.0 cm³/mol. The number of aliphatic carboxylic acids is 1. The second-order valence-electron chi connectivity index (χ2n) is 6.06. The van der Waals surface area contributed by atoms with Crippen LogP contribution in [0.5, 0.6) is 11.5 Å². The maximum atomic E-state index is 12.5. The van der Waals surface area contributed by atoms with Gasteiger partial charge in [-0.3, -0.25) is 9.59 Å². The Morgan fingerprint density at radius 2 is 1.92 bits per heavy atom. The molecule has 0 aliphatic heterocycles. The van der Waals surface area contributed by atoms with Gasteiger partial charge >= 0.3 is 5.97 Å². The zero-order valence-corrected chi connectivity index (χ0v) is 15.3. The maximum Gasteiger partial charge on any atom is 0.311 e. The number of carboxylic acid groups (broad SMARTS) is 1. The van der Waals surface area contributed by atoms with E-state index in [0.29, 0.717) is 23.5 Å². The third-order valence-corrected chi connectivity index (χ3v) is 3.96. The van der Waals surface area contributed by atoms with Gasteiger partial charge in [0.05, 0.1) is 26.0 Å². The van der Waals surface area contributed by atoms with Crippen molar-refractivity contribution in [3.05, 3.63) is 46.9 Å². The number of nitrogens with one attached hydrogen (secondary N) is 1. The summed E-state index contributed by atoms with van der Waals surface area (Å²) in [5, 5.41) is 11.8. The molecule has 140 valence electrons. The number of benzene rings is 1. The fourth-order valence-electron chi connectivity index (χ4n) is 2.78. The Bertz CT molecular complexity index is 795. The molecule has 0 spiro atoms. The molecule has 7 nitrogen and oxygen atoms in total. The SMILES string of the molecule is COc1ccc(CC(C)NC(=O)c2c(C)coc2CC(=O)O)cc1OC. The lowest BCUT2D eigenvalue weighted by Gasteiger charge is -2.16. The minimum Gasteiger partial charge on any atom is -0.493 e. The molecule has 7 heteroatoms. The van der Waals surface area contributed by atoms with Crippen molar-refractivity contribution < 1.29 is 28.6 Å². The molecule has 0 aliphatic rings. The molecule has 2 N–H and O–H groups in total. The zero-order valence-electron chi connectivity index (χ0n) is 15.3. The van der Waals surface area contributed by atoms with Crippen LogP contribution in [-0.2, 0) is 17.6 Å². The molecule has 1 aromatic heterocycles. The van der Waals surface area contributed by atoms with Crippen LogP contribution >= 0.6 is 0 Å². The van der Waals surface area contributed by atoms with E-state index in [1.807, 2.05) is 25.1 Å². The number of hydrogen-bond donors (Lipinski definition) is 2. The van der Waals surface area contributed by atoms with Gasteiger partial charge in [-0.1, -0.05) is 6.07 Å². The summed E-state index contributed by atoms with van der Waals surface area (Å²) < 4.78 is 15.7. The van der Waals surface area contributed by atoms with E-state index >= 15 is 0 Å². The van der Waals surface area contributed by atoms with Gasteiger partial charge in [0.25, 0.3) is 5.91 Å². The number of carboxylic acids is 1. The molecule has 2 rings (SSSR count). The first-order chi connectivity index (χ1) is 12.3. The van der Waals surface area contributed by atoms with Crippen LogP contribution in [0, 0.1) is 6.92 Å². The number of ether oxygens (including phenoxy) is 2. The lowest BCUT2D eigenvalue weighted by atomic mass is 10.0. The van der Waals surface area contributed by atoms with Gasteiger partial charge in [0.2, 0.25) is 0 Å². The molecule has 1 amide bonds. The summed E-state index contributed by atoms with van der Waals surface area (Å²) in [6, 6.07) is 5.41. The van der Waals surface area contributed by atoms with Crippen LogP contribution in [0.25, 0.3) is 0 Å². The minimum atomic E-state index is -1.05. The highest BCUT2D eigenvalue weighted by molar-refractivity contribution is 5.97. The maximum absolute atomic E-state index is 12.5. The Morgan fingerprint density at radius 3 is 2.54 bits per heavy atom. The van der Waals surface area contributed by atoms with Crippen LogP contribution in [0.15, 0.2) is 28.9 Å². The molecule has 2 aromatic rings. The van der Waals surface area contributed by atoms with Crippen LogP contribution in [0.4, 0.5) is 0 Å². The van der Waals surface area contributed by atoms with Crippen LogP contribution in [0.2, 0.25) is 0 Å². The highest BCUT2D eigenvalue weighted by atomic mass is 16.5. The van der Waals surface area contributed by atoms with Gasteiger partial charge in [-0.2, -0.15) is 0 Å². The summed E-state index contributed by atoms with van der Waals surface area (Å²) in [4.78, 5) is 23.5. The summed E-state index contributed by atoms with van der Waals surface area (Å²) in [5.74, 6) is 0.0243. The van der Waals surface area contributed by atoms with Gasteiger partial charge in [-0.15, -0.1) is 0 Å².